The van der Waals surface area contributed by atoms with Crippen molar-refractivity contribution in [3.8, 4) is 0 Å². The molecule has 25 heavy (non-hydrogen) atoms. The molecule has 5 nitrogen and oxygen atoms in total. The fourth-order valence-corrected chi connectivity index (χ4v) is 2.44. The van der Waals surface area contributed by atoms with Crippen LogP contribution in [0.15, 0.2) is 42.7 Å². The van der Waals surface area contributed by atoms with Gasteiger partial charge in [-0.3, -0.25) is 4.79 Å². The van der Waals surface area contributed by atoms with Crippen molar-refractivity contribution in [3.63, 3.8) is 0 Å². The first-order valence-electron chi connectivity index (χ1n) is 8.88. The molecule has 1 amide bonds. The molecule has 2 rings (SSSR count). The Labute approximate surface area is 150 Å². The van der Waals surface area contributed by atoms with E-state index in [9.17, 15) is 4.79 Å². The molecule has 2 aromatic rings. The molecule has 1 aromatic heterocycles. The van der Waals surface area contributed by atoms with Crippen molar-refractivity contribution in [2.24, 2.45) is 5.92 Å². The Kier molecular flexibility index (Phi) is 6.92. The predicted octanol–water partition coefficient (Wildman–Crippen LogP) is 3.99. The van der Waals surface area contributed by atoms with Crippen molar-refractivity contribution in [1.29, 1.82) is 0 Å². The third-order valence-corrected chi connectivity index (χ3v) is 3.98. The molecule has 0 radical (unpaired) electrons. The predicted molar refractivity (Wildman–Crippen MR) is 101 cm³/mol. The van der Waals surface area contributed by atoms with E-state index in [1.807, 2.05) is 49.1 Å². The molecule has 0 atom stereocenters. The van der Waals surface area contributed by atoms with Gasteiger partial charge in [-0.2, -0.15) is 0 Å². The number of hydrogen-bond acceptors (Lipinski definition) is 4. The van der Waals surface area contributed by atoms with Gasteiger partial charge >= 0.3 is 0 Å². The molecule has 0 bridgehead atoms. The lowest BCUT2D eigenvalue weighted by atomic mass is 10.1. The van der Waals surface area contributed by atoms with Gasteiger partial charge in [0.05, 0.1) is 5.56 Å². The zero-order valence-corrected chi connectivity index (χ0v) is 15.6. The van der Waals surface area contributed by atoms with E-state index in [2.05, 4.69) is 29.1 Å². The maximum Gasteiger partial charge on any atom is 0.257 e. The van der Waals surface area contributed by atoms with Crippen molar-refractivity contribution >= 4 is 11.9 Å². The van der Waals surface area contributed by atoms with E-state index in [4.69, 9.17) is 0 Å². The zero-order chi connectivity index (χ0) is 18.2. The van der Waals surface area contributed by atoms with Crippen molar-refractivity contribution in [2.45, 2.75) is 46.7 Å². The van der Waals surface area contributed by atoms with Crippen LogP contribution in [0.1, 0.15) is 50.0 Å². The Morgan fingerprint density at radius 1 is 1.08 bits per heavy atom. The molecular formula is C20H28N4O. The summed E-state index contributed by atoms with van der Waals surface area (Å²) in [6.07, 6.45) is 4.27. The Hall–Kier alpha value is -2.43. The summed E-state index contributed by atoms with van der Waals surface area (Å²) in [5.74, 6) is 1.15. The lowest BCUT2D eigenvalue weighted by Gasteiger charge is -2.26. The Bertz CT molecular complexity index is 653. The highest BCUT2D eigenvalue weighted by atomic mass is 16.2. The molecule has 0 aliphatic rings. The van der Waals surface area contributed by atoms with Gasteiger partial charge in [-0.1, -0.05) is 44.2 Å². The standard InChI is InChI=1S/C20H28N4O/c1-15(2)10-11-21-20-22-12-18(13-23-20)19(25)24(16(3)4)14-17-8-6-5-7-9-17/h5-9,12-13,15-16H,10-11,14H2,1-4H3,(H,21,22,23). The van der Waals surface area contributed by atoms with Crippen molar-refractivity contribution in [1.82, 2.24) is 14.9 Å². The smallest absolute Gasteiger partial charge is 0.257 e. The average molecular weight is 340 g/mol. The number of aromatic nitrogens is 2. The minimum atomic E-state index is -0.0485. The first kappa shape index (κ1) is 18.9. The van der Waals surface area contributed by atoms with Crippen LogP contribution < -0.4 is 5.32 Å². The van der Waals surface area contributed by atoms with Crippen LogP contribution in [0.4, 0.5) is 5.95 Å². The highest BCUT2D eigenvalue weighted by molar-refractivity contribution is 5.93. The summed E-state index contributed by atoms with van der Waals surface area (Å²) in [4.78, 5) is 23.2. The van der Waals surface area contributed by atoms with E-state index in [-0.39, 0.29) is 11.9 Å². The van der Waals surface area contributed by atoms with Gasteiger partial charge in [0.2, 0.25) is 5.95 Å². The van der Waals surface area contributed by atoms with E-state index < -0.39 is 0 Å². The first-order chi connectivity index (χ1) is 12.0. The number of carbonyl (C=O) groups excluding carboxylic acids is 1. The monoisotopic (exact) mass is 340 g/mol. The van der Waals surface area contributed by atoms with Crippen LogP contribution in [0.25, 0.3) is 0 Å². The summed E-state index contributed by atoms with van der Waals surface area (Å²) in [7, 11) is 0. The van der Waals surface area contributed by atoms with Crippen LogP contribution in [0.3, 0.4) is 0 Å². The lowest BCUT2D eigenvalue weighted by Crippen LogP contribution is -2.36. The topological polar surface area (TPSA) is 58.1 Å². The molecule has 1 heterocycles. The third-order valence-electron chi connectivity index (χ3n) is 3.98. The van der Waals surface area contributed by atoms with Gasteiger partial charge in [-0.15, -0.1) is 0 Å². The second-order valence-electron chi connectivity index (χ2n) is 6.92. The average Bonchev–Trinajstić information content (AvgIpc) is 2.60. The van der Waals surface area contributed by atoms with Crippen molar-refractivity contribution in [2.75, 3.05) is 11.9 Å². The van der Waals surface area contributed by atoms with E-state index in [1.165, 1.54) is 0 Å². The summed E-state index contributed by atoms with van der Waals surface area (Å²) in [5, 5.41) is 3.19. The number of benzene rings is 1. The SMILES string of the molecule is CC(C)CCNc1ncc(C(=O)N(Cc2ccccc2)C(C)C)cn1. The van der Waals surface area contributed by atoms with E-state index in [0.29, 0.717) is 24.0 Å². The second kappa shape index (κ2) is 9.16. The van der Waals surface area contributed by atoms with Gasteiger partial charge in [0.1, 0.15) is 0 Å². The molecule has 1 aromatic carbocycles. The molecule has 134 valence electrons. The van der Waals surface area contributed by atoms with Gasteiger partial charge in [0.15, 0.2) is 0 Å². The second-order valence-corrected chi connectivity index (χ2v) is 6.92. The molecule has 0 saturated carbocycles. The van der Waals surface area contributed by atoms with Crippen LogP contribution in [-0.2, 0) is 6.54 Å². The Morgan fingerprint density at radius 3 is 2.28 bits per heavy atom. The molecule has 1 N–H and O–H groups in total. The van der Waals surface area contributed by atoms with Gasteiger partial charge in [0.25, 0.3) is 5.91 Å². The van der Waals surface area contributed by atoms with Crippen molar-refractivity contribution < 1.29 is 4.79 Å². The number of rotatable bonds is 8. The third kappa shape index (κ3) is 5.85. The minimum absolute atomic E-state index is 0.0485. The largest absolute Gasteiger partial charge is 0.354 e. The quantitative estimate of drug-likeness (QED) is 0.789. The number of carbonyl (C=O) groups is 1. The Balaban J connectivity index is 2.03. The van der Waals surface area contributed by atoms with Crippen molar-refractivity contribution in [3.05, 3.63) is 53.9 Å². The maximum absolute atomic E-state index is 12.8. The van der Waals surface area contributed by atoms with Gasteiger partial charge in [-0.05, 0) is 31.7 Å². The number of nitrogens with one attached hydrogen (secondary N) is 1. The van der Waals surface area contributed by atoms with Gasteiger partial charge in [0, 0.05) is 31.5 Å². The maximum atomic E-state index is 12.8. The summed E-state index contributed by atoms with van der Waals surface area (Å²) in [6, 6.07) is 10.1. The Morgan fingerprint density at radius 2 is 1.72 bits per heavy atom. The molecule has 0 unspecified atom stereocenters. The molecule has 0 fully saturated rings. The van der Waals surface area contributed by atoms with Crippen LogP contribution in [0.2, 0.25) is 0 Å². The van der Waals surface area contributed by atoms with E-state index in [1.54, 1.807) is 12.4 Å². The molecule has 5 heteroatoms. The zero-order valence-electron chi connectivity index (χ0n) is 15.6. The van der Waals surface area contributed by atoms with Crippen LogP contribution >= 0.6 is 0 Å². The number of anilines is 1. The molecular weight excluding hydrogens is 312 g/mol. The summed E-state index contributed by atoms with van der Waals surface area (Å²) in [6.45, 7) is 9.80. The van der Waals surface area contributed by atoms with Gasteiger partial charge < -0.3 is 10.2 Å². The fraction of sp³-hybridized carbons (Fsp3) is 0.450. The number of hydrogen-bond donors (Lipinski definition) is 1. The minimum Gasteiger partial charge on any atom is -0.354 e. The molecule has 0 spiro atoms. The number of amides is 1. The first-order valence-corrected chi connectivity index (χ1v) is 8.88. The van der Waals surface area contributed by atoms with Crippen LogP contribution in [-0.4, -0.2) is 33.4 Å². The lowest BCUT2D eigenvalue weighted by molar-refractivity contribution is 0.0689. The normalized spacial score (nSPS) is 11.0. The number of nitrogens with zero attached hydrogens (tertiary/aromatic N) is 3. The summed E-state index contributed by atoms with van der Waals surface area (Å²) in [5.41, 5.74) is 1.62. The molecule has 0 aliphatic carbocycles. The molecule has 0 saturated heterocycles. The van der Waals surface area contributed by atoms with Gasteiger partial charge in [-0.25, -0.2) is 9.97 Å². The highest BCUT2D eigenvalue weighted by Gasteiger charge is 2.19. The molecule has 0 aliphatic heterocycles. The van der Waals surface area contributed by atoms with Crippen LogP contribution in [0, 0.1) is 5.92 Å². The van der Waals surface area contributed by atoms with E-state index in [0.717, 1.165) is 18.5 Å². The van der Waals surface area contributed by atoms with Crippen LogP contribution in [0.5, 0.6) is 0 Å². The summed E-state index contributed by atoms with van der Waals surface area (Å²) >= 11 is 0. The highest BCUT2D eigenvalue weighted by Crippen LogP contribution is 2.13. The summed E-state index contributed by atoms with van der Waals surface area (Å²) < 4.78 is 0. The fourth-order valence-electron chi connectivity index (χ4n) is 2.44. The van der Waals surface area contributed by atoms with E-state index >= 15 is 0 Å².